The Morgan fingerprint density at radius 3 is 2.69 bits per heavy atom. The molecule has 0 radical (unpaired) electrons. The zero-order chi connectivity index (χ0) is 10.3. The van der Waals surface area contributed by atoms with E-state index < -0.39 is 9.84 Å². The van der Waals surface area contributed by atoms with Gasteiger partial charge in [0.05, 0.1) is 12.4 Å². The molecule has 0 heterocycles. The third kappa shape index (κ3) is 9.05. The molecule has 0 aliphatic carbocycles. The monoisotopic (exact) mass is 210 g/mol. The van der Waals surface area contributed by atoms with Gasteiger partial charge in [0.25, 0.3) is 0 Å². The molecule has 0 saturated carbocycles. The largest absolute Gasteiger partial charge is 0.293 e. The first-order valence-electron chi connectivity index (χ1n) is 3.56. The SMILES string of the molecule is CS(=O)(=O)CCCONC(=N)NN. The van der Waals surface area contributed by atoms with Gasteiger partial charge in [-0.25, -0.2) is 19.7 Å². The fourth-order valence-electron chi connectivity index (χ4n) is 0.546. The van der Waals surface area contributed by atoms with Crippen molar-refractivity contribution in [2.45, 2.75) is 6.42 Å². The van der Waals surface area contributed by atoms with E-state index >= 15 is 0 Å². The van der Waals surface area contributed by atoms with Gasteiger partial charge in [0.2, 0.25) is 5.96 Å². The highest BCUT2D eigenvalue weighted by Gasteiger charge is 2.01. The molecule has 0 aliphatic heterocycles. The molecule has 13 heavy (non-hydrogen) atoms. The first kappa shape index (κ1) is 12.1. The third-order valence-electron chi connectivity index (χ3n) is 1.08. The number of hydrogen-bond acceptors (Lipinski definition) is 5. The van der Waals surface area contributed by atoms with Crippen LogP contribution >= 0.6 is 0 Å². The van der Waals surface area contributed by atoms with E-state index in [4.69, 9.17) is 16.1 Å². The van der Waals surface area contributed by atoms with E-state index in [1.807, 2.05) is 5.43 Å². The van der Waals surface area contributed by atoms with Gasteiger partial charge in [0.1, 0.15) is 9.84 Å². The normalized spacial score (nSPS) is 10.9. The number of nitrogens with two attached hydrogens (primary N) is 1. The van der Waals surface area contributed by atoms with Gasteiger partial charge < -0.3 is 0 Å². The number of hydroxylamine groups is 1. The first-order valence-corrected chi connectivity index (χ1v) is 5.62. The maximum absolute atomic E-state index is 10.6. The lowest BCUT2D eigenvalue weighted by atomic mass is 10.5. The number of sulfone groups is 1. The van der Waals surface area contributed by atoms with Gasteiger partial charge in [-0.1, -0.05) is 0 Å². The molecule has 0 saturated heterocycles. The molecule has 0 aromatic rings. The summed E-state index contributed by atoms with van der Waals surface area (Å²) < 4.78 is 21.3. The lowest BCUT2D eigenvalue weighted by molar-refractivity contribution is 0.0828. The molecule has 0 aliphatic rings. The summed E-state index contributed by atoms with van der Waals surface area (Å²) in [7, 11) is -2.93. The summed E-state index contributed by atoms with van der Waals surface area (Å²) in [5.41, 5.74) is 4.17. The highest BCUT2D eigenvalue weighted by molar-refractivity contribution is 7.90. The lowest BCUT2D eigenvalue weighted by Crippen LogP contribution is -2.40. The Labute approximate surface area is 77.0 Å². The zero-order valence-corrected chi connectivity index (χ0v) is 8.15. The summed E-state index contributed by atoms with van der Waals surface area (Å²) in [5, 5.41) is 6.91. The Bertz CT molecular complexity index is 251. The highest BCUT2D eigenvalue weighted by atomic mass is 32.2. The van der Waals surface area contributed by atoms with Gasteiger partial charge in [-0.2, -0.15) is 0 Å². The van der Waals surface area contributed by atoms with Crippen molar-refractivity contribution in [2.75, 3.05) is 18.6 Å². The van der Waals surface area contributed by atoms with E-state index in [2.05, 4.69) is 5.48 Å². The van der Waals surface area contributed by atoms with Crippen LogP contribution in [0.3, 0.4) is 0 Å². The van der Waals surface area contributed by atoms with Crippen molar-refractivity contribution in [2.24, 2.45) is 5.84 Å². The molecule has 7 nitrogen and oxygen atoms in total. The third-order valence-corrected chi connectivity index (χ3v) is 2.11. The van der Waals surface area contributed by atoms with E-state index in [1.165, 1.54) is 0 Å². The molecule has 5 N–H and O–H groups in total. The van der Waals surface area contributed by atoms with Crippen LogP contribution in [-0.2, 0) is 14.7 Å². The molecule has 0 aromatic carbocycles. The predicted octanol–water partition coefficient (Wildman–Crippen LogP) is -1.66. The van der Waals surface area contributed by atoms with E-state index in [1.54, 1.807) is 0 Å². The summed E-state index contributed by atoms with van der Waals surface area (Å²) in [5.74, 6) is 4.73. The van der Waals surface area contributed by atoms with Gasteiger partial charge in [-0.15, -0.1) is 0 Å². The van der Waals surface area contributed by atoms with Crippen molar-refractivity contribution in [3.05, 3.63) is 0 Å². The fourth-order valence-corrected chi connectivity index (χ4v) is 1.19. The van der Waals surface area contributed by atoms with Gasteiger partial charge in [-0.3, -0.25) is 15.7 Å². The maximum atomic E-state index is 10.6. The molecule has 0 bridgehead atoms. The minimum absolute atomic E-state index is 0.0675. The average Bonchev–Trinajstić information content (AvgIpc) is 2.01. The van der Waals surface area contributed by atoms with Crippen molar-refractivity contribution in [1.29, 1.82) is 5.41 Å². The predicted molar refractivity (Wildman–Crippen MR) is 48.5 cm³/mol. The van der Waals surface area contributed by atoms with Crippen molar-refractivity contribution in [1.82, 2.24) is 10.9 Å². The molecule has 78 valence electrons. The van der Waals surface area contributed by atoms with E-state index in [0.717, 1.165) is 6.26 Å². The van der Waals surface area contributed by atoms with Crippen LogP contribution in [0.4, 0.5) is 0 Å². The molecule has 8 heteroatoms. The van der Waals surface area contributed by atoms with Crippen LogP contribution in [0, 0.1) is 5.41 Å². The molecule has 0 unspecified atom stereocenters. The quantitative estimate of drug-likeness (QED) is 0.142. The van der Waals surface area contributed by atoms with Crippen LogP contribution in [-0.4, -0.2) is 33.0 Å². The molecular formula is C5H14N4O3S. The molecule has 0 fully saturated rings. The van der Waals surface area contributed by atoms with Crippen molar-refractivity contribution < 1.29 is 13.3 Å². The summed E-state index contributed by atoms with van der Waals surface area (Å²) >= 11 is 0. The topological polar surface area (TPSA) is 117 Å². The summed E-state index contributed by atoms with van der Waals surface area (Å²) in [6.45, 7) is 0.205. The van der Waals surface area contributed by atoms with E-state index in [-0.39, 0.29) is 18.3 Å². The second-order valence-corrected chi connectivity index (χ2v) is 4.71. The number of hydrogen-bond donors (Lipinski definition) is 4. The first-order chi connectivity index (χ1) is 5.95. The van der Waals surface area contributed by atoms with Crippen LogP contribution in [0.15, 0.2) is 0 Å². The Balaban J connectivity index is 3.33. The molecular weight excluding hydrogens is 196 g/mol. The molecule has 0 rings (SSSR count). The number of rotatable bonds is 5. The maximum Gasteiger partial charge on any atom is 0.227 e. The minimum Gasteiger partial charge on any atom is -0.293 e. The smallest absolute Gasteiger partial charge is 0.227 e. The van der Waals surface area contributed by atoms with E-state index in [0.29, 0.717) is 6.42 Å². The lowest BCUT2D eigenvalue weighted by Gasteiger charge is -2.05. The van der Waals surface area contributed by atoms with Crippen LogP contribution in [0.5, 0.6) is 0 Å². The molecule has 0 aromatic heterocycles. The summed E-state index contributed by atoms with van der Waals surface area (Å²) in [6, 6.07) is 0. The van der Waals surface area contributed by atoms with Crippen LogP contribution in [0.25, 0.3) is 0 Å². The van der Waals surface area contributed by atoms with Gasteiger partial charge in [0.15, 0.2) is 0 Å². The summed E-state index contributed by atoms with van der Waals surface area (Å²) in [4.78, 5) is 4.70. The Morgan fingerprint density at radius 1 is 1.62 bits per heavy atom. The standard InChI is InChI=1S/C5H14N4O3S/c1-13(10,11)4-2-3-12-9-5(6)8-7/h2-4,7H2,1H3,(H3,6,8,9). The number of nitrogens with one attached hydrogen (secondary N) is 3. The van der Waals surface area contributed by atoms with Crippen molar-refractivity contribution >= 4 is 15.8 Å². The van der Waals surface area contributed by atoms with Gasteiger partial charge in [-0.05, 0) is 6.42 Å². The average molecular weight is 210 g/mol. The fraction of sp³-hybridized carbons (Fsp3) is 0.800. The summed E-state index contributed by atoms with van der Waals surface area (Å²) in [6.07, 6.45) is 1.54. The van der Waals surface area contributed by atoms with Crippen molar-refractivity contribution in [3.63, 3.8) is 0 Å². The molecule has 0 amide bonds. The van der Waals surface area contributed by atoms with Crippen LogP contribution < -0.4 is 16.7 Å². The zero-order valence-electron chi connectivity index (χ0n) is 7.33. The van der Waals surface area contributed by atoms with Gasteiger partial charge in [0, 0.05) is 6.26 Å². The van der Waals surface area contributed by atoms with E-state index in [9.17, 15) is 8.42 Å². The highest BCUT2D eigenvalue weighted by Crippen LogP contribution is 1.88. The number of hydrazine groups is 1. The minimum atomic E-state index is -2.93. The second kappa shape index (κ2) is 5.73. The Hall–Kier alpha value is -0.860. The molecule has 0 spiro atoms. The Kier molecular flexibility index (Phi) is 5.35. The van der Waals surface area contributed by atoms with Gasteiger partial charge >= 0.3 is 0 Å². The van der Waals surface area contributed by atoms with Crippen LogP contribution in [0.1, 0.15) is 6.42 Å². The van der Waals surface area contributed by atoms with Crippen LogP contribution in [0.2, 0.25) is 0 Å². The second-order valence-electron chi connectivity index (χ2n) is 2.45. The molecule has 0 atom stereocenters. The Morgan fingerprint density at radius 2 is 2.23 bits per heavy atom. The van der Waals surface area contributed by atoms with Crippen molar-refractivity contribution in [3.8, 4) is 0 Å². The number of guanidine groups is 1.